The Morgan fingerprint density at radius 2 is 1.95 bits per heavy atom. The second kappa shape index (κ2) is 5.34. The van der Waals surface area contributed by atoms with Gasteiger partial charge in [-0.2, -0.15) is 0 Å². The van der Waals surface area contributed by atoms with Crippen LogP contribution in [0.4, 0.5) is 5.82 Å². The number of hydrogen-bond donors (Lipinski definition) is 1. The molecule has 4 nitrogen and oxygen atoms in total. The monoisotopic (exact) mass is 275 g/mol. The van der Waals surface area contributed by atoms with E-state index in [1.165, 1.54) is 18.4 Å². The zero-order valence-electron chi connectivity index (χ0n) is 12.7. The Labute approximate surface area is 121 Å². The molecule has 0 amide bonds. The number of pyridine rings is 1. The van der Waals surface area contributed by atoms with Gasteiger partial charge < -0.3 is 15.0 Å². The van der Waals surface area contributed by atoms with Crippen LogP contribution in [0, 0.1) is 0 Å². The average molecular weight is 275 g/mol. The molecule has 2 fully saturated rings. The third kappa shape index (κ3) is 3.30. The summed E-state index contributed by atoms with van der Waals surface area (Å²) in [6, 6.07) is 4.32. The predicted molar refractivity (Wildman–Crippen MR) is 80.9 cm³/mol. The van der Waals surface area contributed by atoms with E-state index in [9.17, 15) is 0 Å². The van der Waals surface area contributed by atoms with Crippen LogP contribution in [0.2, 0.25) is 0 Å². The molecule has 2 bridgehead atoms. The minimum absolute atomic E-state index is 0.141. The van der Waals surface area contributed by atoms with E-state index in [1.54, 1.807) is 0 Å². The second-order valence-electron chi connectivity index (χ2n) is 6.99. The maximum absolute atomic E-state index is 5.87. The van der Waals surface area contributed by atoms with Gasteiger partial charge in [0.1, 0.15) is 5.82 Å². The highest BCUT2D eigenvalue weighted by atomic mass is 16.5. The topological polar surface area (TPSA) is 37.4 Å². The van der Waals surface area contributed by atoms with E-state index < -0.39 is 0 Å². The average Bonchev–Trinajstić information content (AvgIpc) is 2.75. The molecule has 1 N–H and O–H groups in total. The van der Waals surface area contributed by atoms with E-state index in [0.717, 1.165) is 25.5 Å². The SMILES string of the molecule is CC(C)(C)NCc1ccc(N2CC3CCC(C2)O3)nc1. The Morgan fingerprint density at radius 3 is 2.50 bits per heavy atom. The van der Waals surface area contributed by atoms with Crippen molar-refractivity contribution in [3.8, 4) is 0 Å². The maximum atomic E-state index is 5.87. The van der Waals surface area contributed by atoms with Gasteiger partial charge in [0.15, 0.2) is 0 Å². The van der Waals surface area contributed by atoms with Gasteiger partial charge in [-0.3, -0.25) is 0 Å². The normalized spacial score (nSPS) is 26.1. The first kappa shape index (κ1) is 13.8. The molecule has 2 aliphatic rings. The number of nitrogens with zero attached hydrogens (tertiary/aromatic N) is 2. The van der Waals surface area contributed by atoms with E-state index in [2.05, 4.69) is 48.1 Å². The summed E-state index contributed by atoms with van der Waals surface area (Å²) in [5.74, 6) is 1.09. The molecule has 2 unspecified atom stereocenters. The molecular weight excluding hydrogens is 250 g/mol. The highest BCUT2D eigenvalue weighted by Crippen LogP contribution is 2.28. The maximum Gasteiger partial charge on any atom is 0.128 e. The Morgan fingerprint density at radius 1 is 1.25 bits per heavy atom. The molecule has 2 atom stereocenters. The van der Waals surface area contributed by atoms with E-state index in [-0.39, 0.29) is 5.54 Å². The predicted octanol–water partition coefficient (Wildman–Crippen LogP) is 2.34. The lowest BCUT2D eigenvalue weighted by Gasteiger charge is -2.33. The van der Waals surface area contributed by atoms with Crippen LogP contribution in [-0.2, 0) is 11.3 Å². The smallest absolute Gasteiger partial charge is 0.128 e. The van der Waals surface area contributed by atoms with Crippen molar-refractivity contribution in [1.82, 2.24) is 10.3 Å². The van der Waals surface area contributed by atoms with Crippen molar-refractivity contribution in [1.29, 1.82) is 0 Å². The van der Waals surface area contributed by atoms with E-state index in [1.807, 2.05) is 6.20 Å². The zero-order chi connectivity index (χ0) is 14.2. The van der Waals surface area contributed by atoms with Gasteiger partial charge in [0.25, 0.3) is 0 Å². The molecule has 110 valence electrons. The molecule has 2 aliphatic heterocycles. The number of aromatic nitrogens is 1. The van der Waals surface area contributed by atoms with E-state index >= 15 is 0 Å². The fraction of sp³-hybridized carbons (Fsp3) is 0.688. The highest BCUT2D eigenvalue weighted by molar-refractivity contribution is 5.40. The molecule has 1 aromatic heterocycles. The van der Waals surface area contributed by atoms with Crippen LogP contribution in [0.1, 0.15) is 39.2 Å². The van der Waals surface area contributed by atoms with Crippen LogP contribution in [0.15, 0.2) is 18.3 Å². The summed E-state index contributed by atoms with van der Waals surface area (Å²) in [4.78, 5) is 7.00. The summed E-state index contributed by atoms with van der Waals surface area (Å²) in [7, 11) is 0. The molecule has 0 aliphatic carbocycles. The number of ether oxygens (including phenoxy) is 1. The fourth-order valence-electron chi connectivity index (χ4n) is 2.88. The Kier molecular flexibility index (Phi) is 3.69. The summed E-state index contributed by atoms with van der Waals surface area (Å²) in [5.41, 5.74) is 1.38. The number of anilines is 1. The van der Waals surface area contributed by atoms with Crippen LogP contribution in [0.5, 0.6) is 0 Å². The molecule has 4 heteroatoms. The summed E-state index contributed by atoms with van der Waals surface area (Å²) >= 11 is 0. The Balaban J connectivity index is 1.61. The lowest BCUT2D eigenvalue weighted by Crippen LogP contribution is -2.43. The number of hydrogen-bond acceptors (Lipinski definition) is 4. The minimum Gasteiger partial charge on any atom is -0.371 e. The number of rotatable bonds is 3. The van der Waals surface area contributed by atoms with Gasteiger partial charge in [-0.25, -0.2) is 4.98 Å². The van der Waals surface area contributed by atoms with Gasteiger partial charge in [0.05, 0.1) is 12.2 Å². The Bertz CT molecular complexity index is 440. The summed E-state index contributed by atoms with van der Waals surface area (Å²) in [6.45, 7) is 9.38. The van der Waals surface area contributed by atoms with Crippen molar-refractivity contribution >= 4 is 5.82 Å². The number of nitrogens with one attached hydrogen (secondary N) is 1. The second-order valence-corrected chi connectivity index (χ2v) is 6.99. The van der Waals surface area contributed by atoms with Gasteiger partial charge in [-0.15, -0.1) is 0 Å². The van der Waals surface area contributed by atoms with E-state index in [4.69, 9.17) is 4.74 Å². The molecule has 3 heterocycles. The van der Waals surface area contributed by atoms with Crippen molar-refractivity contribution in [3.05, 3.63) is 23.9 Å². The third-order valence-electron chi connectivity index (χ3n) is 4.00. The first-order valence-corrected chi connectivity index (χ1v) is 7.60. The Hall–Kier alpha value is -1.13. The van der Waals surface area contributed by atoms with Crippen molar-refractivity contribution < 1.29 is 4.74 Å². The first-order valence-electron chi connectivity index (χ1n) is 7.60. The standard InChI is InChI=1S/C16H25N3O/c1-16(2,3)18-9-12-4-7-15(17-8-12)19-10-13-5-6-14(11-19)20-13/h4,7-8,13-14,18H,5-6,9-11H2,1-3H3. The van der Waals surface area contributed by atoms with Crippen molar-refractivity contribution in [3.63, 3.8) is 0 Å². The number of fused-ring (bicyclic) bond motifs is 2. The van der Waals surface area contributed by atoms with Crippen LogP contribution in [0.25, 0.3) is 0 Å². The van der Waals surface area contributed by atoms with Crippen LogP contribution >= 0.6 is 0 Å². The molecule has 0 saturated carbocycles. The van der Waals surface area contributed by atoms with Gasteiger partial charge in [0.2, 0.25) is 0 Å². The fourth-order valence-corrected chi connectivity index (χ4v) is 2.88. The highest BCUT2D eigenvalue weighted by Gasteiger charge is 2.34. The van der Waals surface area contributed by atoms with Gasteiger partial charge >= 0.3 is 0 Å². The van der Waals surface area contributed by atoms with Gasteiger partial charge in [-0.1, -0.05) is 6.07 Å². The summed E-state index contributed by atoms with van der Waals surface area (Å²) < 4.78 is 5.87. The zero-order valence-corrected chi connectivity index (χ0v) is 12.7. The number of morpholine rings is 1. The molecule has 20 heavy (non-hydrogen) atoms. The van der Waals surface area contributed by atoms with Crippen LogP contribution < -0.4 is 10.2 Å². The van der Waals surface area contributed by atoms with Gasteiger partial charge in [0, 0.05) is 31.4 Å². The lowest BCUT2D eigenvalue weighted by atomic mass is 10.1. The third-order valence-corrected chi connectivity index (χ3v) is 4.00. The lowest BCUT2D eigenvalue weighted by molar-refractivity contribution is 0.0302. The van der Waals surface area contributed by atoms with Crippen molar-refractivity contribution in [2.24, 2.45) is 0 Å². The molecule has 0 spiro atoms. The molecule has 0 radical (unpaired) electrons. The largest absolute Gasteiger partial charge is 0.371 e. The molecule has 3 rings (SSSR count). The quantitative estimate of drug-likeness (QED) is 0.919. The van der Waals surface area contributed by atoms with Crippen molar-refractivity contribution in [2.75, 3.05) is 18.0 Å². The van der Waals surface area contributed by atoms with E-state index in [0.29, 0.717) is 12.2 Å². The van der Waals surface area contributed by atoms with Crippen LogP contribution in [0.3, 0.4) is 0 Å². The van der Waals surface area contributed by atoms with Crippen LogP contribution in [-0.4, -0.2) is 35.8 Å². The molecular formula is C16H25N3O. The first-order chi connectivity index (χ1) is 9.49. The minimum atomic E-state index is 0.141. The summed E-state index contributed by atoms with van der Waals surface area (Å²) in [5, 5.41) is 3.49. The van der Waals surface area contributed by atoms with Gasteiger partial charge in [-0.05, 0) is 45.2 Å². The molecule has 2 saturated heterocycles. The molecule has 1 aromatic rings. The summed E-state index contributed by atoms with van der Waals surface area (Å²) in [6.07, 6.45) is 5.23. The molecule has 0 aromatic carbocycles. The van der Waals surface area contributed by atoms with Crippen molar-refractivity contribution in [2.45, 2.75) is 57.9 Å².